The monoisotopic (exact) mass is 493 g/mol. The van der Waals surface area contributed by atoms with Crippen LogP contribution in [0.1, 0.15) is 5.56 Å². The third-order valence-electron chi connectivity index (χ3n) is 3.07. The standard InChI is InChI=1S/C16H14BrF3NOS.Y/c1-10-11(17)6-7-13(21(10)8-15(19)20)16-12(18)4-3-5-14(16)22-9-23-2;/h3-6,15H,1,8-9H2,2H3;/q-1;. The molecule has 0 amide bonds. The fourth-order valence-electron chi connectivity index (χ4n) is 2.08. The molecule has 0 atom stereocenters. The van der Waals surface area contributed by atoms with Crippen LogP contribution in [0.3, 0.4) is 0 Å². The van der Waals surface area contributed by atoms with Gasteiger partial charge in [0.2, 0.25) is 0 Å². The minimum Gasteiger partial charge on any atom is -0.495 e. The SMILES string of the molecule is C=C1C(Br)=C[C-]=C(c2c(F)cccc2OCSC)N1CC(F)F.[Y]. The van der Waals surface area contributed by atoms with E-state index in [1.54, 1.807) is 6.07 Å². The van der Waals surface area contributed by atoms with Gasteiger partial charge in [-0.2, -0.15) is 12.2 Å². The van der Waals surface area contributed by atoms with E-state index >= 15 is 0 Å². The summed E-state index contributed by atoms with van der Waals surface area (Å²) in [7, 11) is 0. The summed E-state index contributed by atoms with van der Waals surface area (Å²) >= 11 is 4.66. The van der Waals surface area contributed by atoms with Gasteiger partial charge >= 0.3 is 0 Å². The van der Waals surface area contributed by atoms with E-state index < -0.39 is 18.8 Å². The molecular weight excluding hydrogens is 480 g/mol. The van der Waals surface area contributed by atoms with Crippen molar-refractivity contribution in [2.45, 2.75) is 6.43 Å². The normalized spacial score (nSPS) is 14.2. The average molecular weight is 494 g/mol. The molecule has 8 heteroatoms. The summed E-state index contributed by atoms with van der Waals surface area (Å²) in [6.45, 7) is 3.17. The summed E-state index contributed by atoms with van der Waals surface area (Å²) in [6, 6.07) is 4.36. The van der Waals surface area contributed by atoms with E-state index in [0.717, 1.165) is 0 Å². The predicted octanol–water partition coefficient (Wildman–Crippen LogP) is 5.04. The number of allylic oxidation sites excluding steroid dienone is 3. The molecule has 1 aliphatic heterocycles. The Balaban J connectivity index is 0.00000288. The van der Waals surface area contributed by atoms with E-state index in [1.165, 1.54) is 34.9 Å². The van der Waals surface area contributed by atoms with Crippen LogP contribution in [0.4, 0.5) is 13.2 Å². The molecule has 1 aromatic carbocycles. The van der Waals surface area contributed by atoms with Crippen molar-refractivity contribution >= 4 is 33.4 Å². The van der Waals surface area contributed by atoms with Gasteiger partial charge in [0.1, 0.15) is 5.94 Å². The topological polar surface area (TPSA) is 12.5 Å². The third-order valence-corrected chi connectivity index (χ3v) is 4.11. The predicted molar refractivity (Wildman–Crippen MR) is 90.9 cm³/mol. The van der Waals surface area contributed by atoms with Gasteiger partial charge in [-0.25, -0.2) is 13.2 Å². The molecule has 0 unspecified atom stereocenters. The number of hydrogen-bond acceptors (Lipinski definition) is 3. The molecule has 0 fully saturated rings. The van der Waals surface area contributed by atoms with Crippen LogP contribution in [0.2, 0.25) is 0 Å². The van der Waals surface area contributed by atoms with E-state index in [0.29, 0.717) is 16.1 Å². The first kappa shape index (κ1) is 21.8. The van der Waals surface area contributed by atoms with Gasteiger partial charge in [-0.3, -0.25) is 0 Å². The number of benzene rings is 1. The summed E-state index contributed by atoms with van der Waals surface area (Å²) in [6.07, 6.45) is 3.61. The average Bonchev–Trinajstić information content (AvgIpc) is 2.50. The summed E-state index contributed by atoms with van der Waals surface area (Å²) < 4.78 is 46.3. The second-order valence-electron chi connectivity index (χ2n) is 4.60. The van der Waals surface area contributed by atoms with Crippen LogP contribution in [0.15, 0.2) is 41.0 Å². The van der Waals surface area contributed by atoms with Crippen LogP contribution in [0, 0.1) is 11.9 Å². The van der Waals surface area contributed by atoms with E-state index in [4.69, 9.17) is 4.74 Å². The minimum atomic E-state index is -2.61. The zero-order chi connectivity index (χ0) is 17.0. The van der Waals surface area contributed by atoms with Gasteiger partial charge < -0.3 is 9.64 Å². The van der Waals surface area contributed by atoms with Gasteiger partial charge in [0.25, 0.3) is 6.43 Å². The summed E-state index contributed by atoms with van der Waals surface area (Å²) in [4.78, 5) is 1.24. The summed E-state index contributed by atoms with van der Waals surface area (Å²) in [5.41, 5.74) is 0.588. The van der Waals surface area contributed by atoms with Crippen LogP contribution in [-0.4, -0.2) is 30.1 Å². The Morgan fingerprint density at radius 2 is 2.12 bits per heavy atom. The second kappa shape index (κ2) is 10.0. The van der Waals surface area contributed by atoms with Crippen LogP contribution in [-0.2, 0) is 32.7 Å². The van der Waals surface area contributed by atoms with Crippen molar-refractivity contribution in [3.05, 3.63) is 58.5 Å². The molecule has 0 saturated carbocycles. The van der Waals surface area contributed by atoms with Gasteiger partial charge in [-0.1, -0.05) is 22.8 Å². The van der Waals surface area contributed by atoms with Gasteiger partial charge in [0, 0.05) is 32.7 Å². The Hall–Kier alpha value is -0.236. The number of ether oxygens (including phenoxy) is 1. The molecule has 0 N–H and O–H groups in total. The molecule has 0 saturated heterocycles. The van der Waals surface area contributed by atoms with E-state index in [2.05, 4.69) is 28.6 Å². The van der Waals surface area contributed by atoms with Crippen molar-refractivity contribution < 1.29 is 50.6 Å². The van der Waals surface area contributed by atoms with Crippen molar-refractivity contribution in [1.82, 2.24) is 4.90 Å². The van der Waals surface area contributed by atoms with Crippen LogP contribution in [0.25, 0.3) is 5.70 Å². The first-order valence-corrected chi connectivity index (χ1v) is 8.79. The summed E-state index contributed by atoms with van der Waals surface area (Å²) in [5.74, 6) is 0.0314. The maximum absolute atomic E-state index is 14.4. The van der Waals surface area contributed by atoms with E-state index in [9.17, 15) is 13.2 Å². The molecule has 0 aromatic heterocycles. The molecule has 0 aliphatic carbocycles. The first-order valence-electron chi connectivity index (χ1n) is 6.60. The van der Waals surface area contributed by atoms with Crippen molar-refractivity contribution in [3.8, 4) is 5.75 Å². The fourth-order valence-corrected chi connectivity index (χ4v) is 2.65. The van der Waals surface area contributed by atoms with Crippen molar-refractivity contribution in [2.24, 2.45) is 0 Å². The summed E-state index contributed by atoms with van der Waals surface area (Å²) in [5, 5.41) is 0. The minimum absolute atomic E-state index is 0. The van der Waals surface area contributed by atoms with Gasteiger partial charge in [0.15, 0.2) is 0 Å². The number of nitrogens with zero attached hydrogens (tertiary/aromatic N) is 1. The van der Waals surface area contributed by atoms with Gasteiger partial charge in [-0.05, 0) is 29.6 Å². The fraction of sp³-hybridized carbons (Fsp3) is 0.250. The number of rotatable bonds is 6. The molecule has 1 aromatic rings. The first-order chi connectivity index (χ1) is 11.0. The third kappa shape index (κ3) is 5.13. The van der Waals surface area contributed by atoms with Crippen molar-refractivity contribution in [1.29, 1.82) is 0 Å². The Kier molecular flexibility index (Phi) is 9.13. The largest absolute Gasteiger partial charge is 0.495 e. The molecule has 24 heavy (non-hydrogen) atoms. The zero-order valence-corrected chi connectivity index (χ0v) is 18.1. The smallest absolute Gasteiger partial charge is 0.256 e. The van der Waals surface area contributed by atoms with Crippen molar-refractivity contribution in [3.63, 3.8) is 0 Å². The molecule has 1 heterocycles. The second-order valence-corrected chi connectivity index (χ2v) is 6.26. The number of hydrogen-bond donors (Lipinski definition) is 0. The molecule has 0 spiro atoms. The number of thioether (sulfide) groups is 1. The maximum Gasteiger partial charge on any atom is 0.256 e. The Morgan fingerprint density at radius 3 is 2.75 bits per heavy atom. The molecule has 2 nitrogen and oxygen atoms in total. The van der Waals surface area contributed by atoms with Crippen LogP contribution < -0.4 is 4.74 Å². The molecular formula is C16H14BrF3NOSY-. The number of alkyl halides is 2. The van der Waals surface area contributed by atoms with Crippen LogP contribution >= 0.6 is 27.7 Å². The van der Waals surface area contributed by atoms with Gasteiger partial charge in [0.05, 0.1) is 18.1 Å². The Morgan fingerprint density at radius 1 is 1.42 bits per heavy atom. The maximum atomic E-state index is 14.4. The number of halogens is 4. The molecule has 2 rings (SSSR count). The van der Waals surface area contributed by atoms with Crippen LogP contribution in [0.5, 0.6) is 5.75 Å². The van der Waals surface area contributed by atoms with E-state index in [-0.39, 0.29) is 49.7 Å². The Bertz CT molecular complexity index is 667. The molecule has 127 valence electrons. The van der Waals surface area contributed by atoms with E-state index in [1.807, 2.05) is 6.26 Å². The molecule has 0 bridgehead atoms. The quantitative estimate of drug-likeness (QED) is 0.407. The van der Waals surface area contributed by atoms with Crippen molar-refractivity contribution in [2.75, 3.05) is 18.7 Å². The van der Waals surface area contributed by atoms with Gasteiger partial charge in [-0.15, -0.1) is 27.7 Å². The molecule has 1 aliphatic rings. The Labute approximate surface area is 177 Å². The zero-order valence-electron chi connectivity index (χ0n) is 12.9. The molecule has 1 radical (unpaired) electrons.